The molecule has 2 N–H and O–H groups in total. The number of halogens is 1. The second-order valence-corrected chi connectivity index (χ2v) is 6.64. The Morgan fingerprint density at radius 2 is 1.83 bits per heavy atom. The van der Waals surface area contributed by atoms with Crippen molar-refractivity contribution in [2.24, 2.45) is 0 Å². The van der Waals surface area contributed by atoms with Crippen molar-refractivity contribution in [3.63, 3.8) is 0 Å². The lowest BCUT2D eigenvalue weighted by molar-refractivity contribution is 0.0955. The smallest absolute Gasteiger partial charge is 0.251 e. The summed E-state index contributed by atoms with van der Waals surface area (Å²) < 4.78 is 0. The topological polar surface area (TPSA) is 66.9 Å². The number of nitrogens with one attached hydrogen (secondary N) is 2. The number of hydrogen-bond acceptors (Lipinski definition) is 4. The van der Waals surface area contributed by atoms with Crippen molar-refractivity contribution in [1.29, 1.82) is 0 Å². The number of nitrogens with zero attached hydrogens (tertiary/aromatic N) is 2. The summed E-state index contributed by atoms with van der Waals surface area (Å²) >= 11 is 5.80. The van der Waals surface area contributed by atoms with Gasteiger partial charge in [0, 0.05) is 35.3 Å². The molecule has 2 rings (SSSR count). The zero-order valence-corrected chi connectivity index (χ0v) is 14.3. The van der Waals surface area contributed by atoms with Gasteiger partial charge < -0.3 is 10.6 Å². The summed E-state index contributed by atoms with van der Waals surface area (Å²) in [6.07, 6.45) is 1.74. The fourth-order valence-electron chi connectivity index (χ4n) is 1.89. The molecule has 6 heteroatoms. The van der Waals surface area contributed by atoms with E-state index in [-0.39, 0.29) is 11.3 Å². The quantitative estimate of drug-likeness (QED) is 0.825. The Labute approximate surface area is 141 Å². The van der Waals surface area contributed by atoms with Crippen LogP contribution in [0, 0.1) is 0 Å². The number of benzene rings is 1. The van der Waals surface area contributed by atoms with Gasteiger partial charge in [0.05, 0.1) is 0 Å². The molecule has 0 fully saturated rings. The monoisotopic (exact) mass is 332 g/mol. The maximum Gasteiger partial charge on any atom is 0.251 e. The predicted octanol–water partition coefficient (Wildman–Crippen LogP) is 3.27. The predicted molar refractivity (Wildman–Crippen MR) is 93.0 cm³/mol. The standard InChI is InChI=1S/C17H21ClN4O/c1-17(2,3)16-21-9-8-14(22-16)19-10-11-20-15(23)12-4-6-13(18)7-5-12/h4-9H,10-11H2,1-3H3,(H,20,23)(H,19,21,22). The van der Waals surface area contributed by atoms with E-state index in [0.29, 0.717) is 23.7 Å². The molecule has 0 saturated carbocycles. The molecule has 1 aromatic heterocycles. The van der Waals surface area contributed by atoms with Crippen molar-refractivity contribution in [3.8, 4) is 0 Å². The van der Waals surface area contributed by atoms with Crippen molar-refractivity contribution in [2.45, 2.75) is 26.2 Å². The molecule has 1 heterocycles. The maximum absolute atomic E-state index is 11.9. The van der Waals surface area contributed by atoms with Crippen LogP contribution in [0.2, 0.25) is 5.02 Å². The third-order valence-corrected chi connectivity index (χ3v) is 3.40. The lowest BCUT2D eigenvalue weighted by Gasteiger charge is -2.17. The van der Waals surface area contributed by atoms with Crippen LogP contribution in [0.4, 0.5) is 5.82 Å². The Bertz CT molecular complexity index is 665. The molecule has 0 spiro atoms. The maximum atomic E-state index is 11.9. The highest BCUT2D eigenvalue weighted by molar-refractivity contribution is 6.30. The Hall–Kier alpha value is -2.14. The molecule has 1 aromatic carbocycles. The van der Waals surface area contributed by atoms with E-state index in [1.807, 2.05) is 6.07 Å². The van der Waals surface area contributed by atoms with Gasteiger partial charge in [-0.15, -0.1) is 0 Å². The molecule has 1 amide bonds. The Morgan fingerprint density at radius 3 is 2.48 bits per heavy atom. The largest absolute Gasteiger partial charge is 0.368 e. The van der Waals surface area contributed by atoms with Crippen molar-refractivity contribution in [3.05, 3.63) is 52.9 Å². The van der Waals surface area contributed by atoms with E-state index < -0.39 is 0 Å². The van der Waals surface area contributed by atoms with Gasteiger partial charge in [-0.1, -0.05) is 32.4 Å². The minimum atomic E-state index is -0.124. The Morgan fingerprint density at radius 1 is 1.13 bits per heavy atom. The fourth-order valence-corrected chi connectivity index (χ4v) is 2.01. The van der Waals surface area contributed by atoms with E-state index in [9.17, 15) is 4.79 Å². The highest BCUT2D eigenvalue weighted by atomic mass is 35.5. The molecule has 122 valence electrons. The molecule has 0 aliphatic carbocycles. The summed E-state index contributed by atoms with van der Waals surface area (Å²) in [7, 11) is 0. The second-order valence-electron chi connectivity index (χ2n) is 6.21. The van der Waals surface area contributed by atoms with Crippen LogP contribution in [0.3, 0.4) is 0 Å². The van der Waals surface area contributed by atoms with Crippen molar-refractivity contribution < 1.29 is 4.79 Å². The van der Waals surface area contributed by atoms with E-state index in [4.69, 9.17) is 11.6 Å². The van der Waals surface area contributed by atoms with Crippen molar-refractivity contribution >= 4 is 23.3 Å². The average Bonchev–Trinajstić information content (AvgIpc) is 2.51. The van der Waals surface area contributed by atoms with Crippen LogP contribution in [0.1, 0.15) is 37.0 Å². The van der Waals surface area contributed by atoms with E-state index in [1.165, 1.54) is 0 Å². The number of carbonyl (C=O) groups excluding carboxylic acids is 1. The first-order valence-electron chi connectivity index (χ1n) is 7.47. The van der Waals surface area contributed by atoms with Crippen molar-refractivity contribution in [1.82, 2.24) is 15.3 Å². The zero-order valence-electron chi connectivity index (χ0n) is 13.6. The first kappa shape index (κ1) is 17.2. The number of amides is 1. The number of rotatable bonds is 5. The SMILES string of the molecule is CC(C)(C)c1nccc(NCCNC(=O)c2ccc(Cl)cc2)n1. The molecule has 0 bridgehead atoms. The Balaban J connectivity index is 1.81. The number of aromatic nitrogens is 2. The van der Waals surface area contributed by atoms with Crippen LogP contribution in [0.15, 0.2) is 36.5 Å². The summed E-state index contributed by atoms with van der Waals surface area (Å²) in [4.78, 5) is 20.7. The van der Waals surface area contributed by atoms with Crippen molar-refractivity contribution in [2.75, 3.05) is 18.4 Å². The summed E-state index contributed by atoms with van der Waals surface area (Å²) in [5, 5.41) is 6.64. The Kier molecular flexibility index (Phi) is 5.55. The van der Waals surface area contributed by atoms with E-state index in [1.54, 1.807) is 30.5 Å². The van der Waals surface area contributed by atoms with Crippen LogP contribution >= 0.6 is 11.6 Å². The van der Waals surface area contributed by atoms with Gasteiger partial charge in [0.2, 0.25) is 0 Å². The number of carbonyl (C=O) groups is 1. The summed E-state index contributed by atoms with van der Waals surface area (Å²) in [6.45, 7) is 7.28. The van der Waals surface area contributed by atoms with Gasteiger partial charge in [-0.25, -0.2) is 9.97 Å². The lowest BCUT2D eigenvalue weighted by Crippen LogP contribution is -2.29. The molecule has 5 nitrogen and oxygen atoms in total. The van der Waals surface area contributed by atoms with Gasteiger partial charge in [0.25, 0.3) is 5.91 Å². The van der Waals surface area contributed by atoms with E-state index >= 15 is 0 Å². The molecule has 0 unspecified atom stereocenters. The van der Waals surface area contributed by atoms with Gasteiger partial charge in [0.15, 0.2) is 0 Å². The zero-order chi connectivity index (χ0) is 16.9. The minimum absolute atomic E-state index is 0.0967. The first-order chi connectivity index (χ1) is 10.9. The summed E-state index contributed by atoms with van der Waals surface area (Å²) in [6, 6.07) is 8.61. The van der Waals surface area contributed by atoms with E-state index in [0.717, 1.165) is 11.6 Å². The van der Waals surface area contributed by atoms with E-state index in [2.05, 4.69) is 41.4 Å². The van der Waals surface area contributed by atoms with Gasteiger partial charge in [-0.05, 0) is 30.3 Å². The van der Waals surface area contributed by atoms with Crippen LogP contribution in [0.5, 0.6) is 0 Å². The third kappa shape index (κ3) is 5.21. The summed E-state index contributed by atoms with van der Waals surface area (Å²) in [5.41, 5.74) is 0.493. The molecule has 0 atom stereocenters. The molecule has 0 radical (unpaired) electrons. The molecular weight excluding hydrogens is 312 g/mol. The number of anilines is 1. The minimum Gasteiger partial charge on any atom is -0.368 e. The second kappa shape index (κ2) is 7.42. The van der Waals surface area contributed by atoms with Gasteiger partial charge >= 0.3 is 0 Å². The van der Waals surface area contributed by atoms with Crippen LogP contribution in [0.25, 0.3) is 0 Å². The highest BCUT2D eigenvalue weighted by Crippen LogP contribution is 2.18. The third-order valence-electron chi connectivity index (χ3n) is 3.15. The molecule has 2 aromatic rings. The van der Waals surface area contributed by atoms with Crippen LogP contribution < -0.4 is 10.6 Å². The molecule has 23 heavy (non-hydrogen) atoms. The molecule has 0 aliphatic heterocycles. The fraction of sp³-hybridized carbons (Fsp3) is 0.353. The van der Waals surface area contributed by atoms with Crippen LogP contribution in [-0.2, 0) is 5.41 Å². The highest BCUT2D eigenvalue weighted by Gasteiger charge is 2.17. The average molecular weight is 333 g/mol. The number of hydrogen-bond donors (Lipinski definition) is 2. The van der Waals surface area contributed by atoms with Crippen LogP contribution in [-0.4, -0.2) is 29.0 Å². The molecular formula is C17H21ClN4O. The van der Waals surface area contributed by atoms with Gasteiger partial charge in [-0.2, -0.15) is 0 Å². The van der Waals surface area contributed by atoms with Gasteiger partial charge in [0.1, 0.15) is 11.6 Å². The first-order valence-corrected chi connectivity index (χ1v) is 7.85. The van der Waals surface area contributed by atoms with Gasteiger partial charge in [-0.3, -0.25) is 4.79 Å². The molecule has 0 saturated heterocycles. The molecule has 0 aliphatic rings. The normalized spacial score (nSPS) is 11.1. The summed E-state index contributed by atoms with van der Waals surface area (Å²) in [5.74, 6) is 1.42. The lowest BCUT2D eigenvalue weighted by atomic mass is 9.96.